The molecule has 0 aromatic heterocycles. The van der Waals surface area contributed by atoms with E-state index < -0.39 is 0 Å². The van der Waals surface area contributed by atoms with Crippen molar-refractivity contribution in [1.29, 1.82) is 0 Å². The minimum atomic E-state index is 0.581. The number of hydrogen-bond donors (Lipinski definition) is 1. The first kappa shape index (κ1) is 6.47. The van der Waals surface area contributed by atoms with Crippen LogP contribution in [0.2, 0.25) is 0 Å². The Morgan fingerprint density at radius 3 is 2.55 bits per heavy atom. The molecule has 0 saturated heterocycles. The van der Waals surface area contributed by atoms with Crippen LogP contribution >= 0.6 is 0 Å². The maximum Gasteiger partial charge on any atom is 0.00962 e. The van der Waals surface area contributed by atoms with E-state index in [-0.39, 0.29) is 0 Å². The molecule has 62 valence electrons. The summed E-state index contributed by atoms with van der Waals surface area (Å²) in [5.41, 5.74) is 6.99. The summed E-state index contributed by atoms with van der Waals surface area (Å²) >= 11 is 0. The van der Waals surface area contributed by atoms with Crippen molar-refractivity contribution in [2.45, 2.75) is 44.6 Å². The predicted octanol–water partition coefficient (Wildman–Crippen LogP) is 1.91. The molecule has 4 fully saturated rings. The van der Waals surface area contributed by atoms with Gasteiger partial charge in [0.1, 0.15) is 0 Å². The molecular weight excluding hydrogens is 134 g/mol. The second-order valence-corrected chi connectivity index (χ2v) is 5.10. The Balaban J connectivity index is 1.89. The number of rotatable bonds is 0. The lowest BCUT2D eigenvalue weighted by Crippen LogP contribution is -2.58. The van der Waals surface area contributed by atoms with Crippen molar-refractivity contribution in [1.82, 2.24) is 0 Å². The summed E-state index contributed by atoms with van der Waals surface area (Å²) < 4.78 is 0. The molecule has 0 heterocycles. The molecule has 4 saturated carbocycles. The first-order valence-corrected chi connectivity index (χ1v) is 5.05. The fourth-order valence-corrected chi connectivity index (χ4v) is 3.91. The van der Waals surface area contributed by atoms with Crippen LogP contribution in [0.5, 0.6) is 0 Å². The van der Waals surface area contributed by atoms with Crippen molar-refractivity contribution in [3.8, 4) is 0 Å². The van der Waals surface area contributed by atoms with Crippen LogP contribution in [0.4, 0.5) is 0 Å². The van der Waals surface area contributed by atoms with E-state index >= 15 is 0 Å². The lowest BCUT2D eigenvalue weighted by atomic mass is 9.45. The molecular formula is C10H17N. The Morgan fingerprint density at radius 1 is 1.09 bits per heavy atom. The minimum absolute atomic E-state index is 0.581. The van der Waals surface area contributed by atoms with Crippen molar-refractivity contribution in [2.75, 3.05) is 0 Å². The third-order valence-corrected chi connectivity index (χ3v) is 4.46. The summed E-state index contributed by atoms with van der Waals surface area (Å²) in [7, 11) is 0. The average molecular weight is 151 g/mol. The summed E-state index contributed by atoms with van der Waals surface area (Å²) in [6.45, 7) is 0. The Kier molecular flexibility index (Phi) is 1.07. The van der Waals surface area contributed by atoms with Gasteiger partial charge in [0.15, 0.2) is 0 Å². The summed E-state index contributed by atoms with van der Waals surface area (Å²) in [5.74, 6) is 1.84. The summed E-state index contributed by atoms with van der Waals surface area (Å²) in [5, 5.41) is 0. The summed E-state index contributed by atoms with van der Waals surface area (Å²) in [4.78, 5) is 0. The summed E-state index contributed by atoms with van der Waals surface area (Å²) in [6.07, 6.45) is 8.84. The van der Waals surface area contributed by atoms with Gasteiger partial charge in [0, 0.05) is 6.04 Å². The van der Waals surface area contributed by atoms with E-state index in [1.807, 2.05) is 0 Å². The van der Waals surface area contributed by atoms with Gasteiger partial charge in [0.25, 0.3) is 0 Å². The van der Waals surface area contributed by atoms with Gasteiger partial charge < -0.3 is 5.73 Å². The zero-order valence-electron chi connectivity index (χ0n) is 7.05. The molecule has 4 rings (SSSR count). The Labute approximate surface area is 68.3 Å². The summed E-state index contributed by atoms with van der Waals surface area (Å²) in [6, 6.07) is 0.581. The molecule has 0 amide bonds. The molecule has 0 aromatic carbocycles. The van der Waals surface area contributed by atoms with Crippen molar-refractivity contribution in [3.05, 3.63) is 0 Å². The van der Waals surface area contributed by atoms with Gasteiger partial charge in [-0.1, -0.05) is 6.42 Å². The number of nitrogens with two attached hydrogens (primary N) is 1. The molecule has 1 nitrogen and oxygen atoms in total. The van der Waals surface area contributed by atoms with Crippen molar-refractivity contribution in [3.63, 3.8) is 0 Å². The fraction of sp³-hybridized carbons (Fsp3) is 1.00. The normalized spacial score (nSPS) is 60.3. The van der Waals surface area contributed by atoms with Gasteiger partial charge in [-0.05, 0) is 49.4 Å². The maximum atomic E-state index is 6.16. The monoisotopic (exact) mass is 151 g/mol. The molecule has 3 bridgehead atoms. The minimum Gasteiger partial charge on any atom is -0.327 e. The van der Waals surface area contributed by atoms with Crippen LogP contribution in [0.1, 0.15) is 38.5 Å². The molecule has 2 N–H and O–H groups in total. The van der Waals surface area contributed by atoms with Crippen LogP contribution in [0.3, 0.4) is 0 Å². The topological polar surface area (TPSA) is 26.0 Å². The molecule has 0 radical (unpaired) electrons. The standard InChI is InChI=1S/C10H17N/c11-9-7-2-1-3-10(4-7)5-8(9)6-10/h7-9H,1-6,11H2. The molecule has 4 aliphatic rings. The third kappa shape index (κ3) is 0.703. The lowest BCUT2D eigenvalue weighted by molar-refractivity contribution is -0.0871. The van der Waals surface area contributed by atoms with E-state index in [9.17, 15) is 0 Å². The second kappa shape index (κ2) is 1.82. The highest BCUT2D eigenvalue weighted by atomic mass is 14.8. The number of hydrogen-bond acceptors (Lipinski definition) is 1. The van der Waals surface area contributed by atoms with Crippen molar-refractivity contribution < 1.29 is 0 Å². The van der Waals surface area contributed by atoms with Gasteiger partial charge in [0.05, 0.1) is 0 Å². The van der Waals surface area contributed by atoms with Gasteiger partial charge in [-0.3, -0.25) is 0 Å². The maximum absolute atomic E-state index is 6.16. The highest BCUT2D eigenvalue weighted by molar-refractivity contribution is 5.08. The molecule has 11 heavy (non-hydrogen) atoms. The van der Waals surface area contributed by atoms with E-state index in [1.165, 1.54) is 38.5 Å². The van der Waals surface area contributed by atoms with Gasteiger partial charge in [0.2, 0.25) is 0 Å². The molecule has 0 aromatic rings. The molecule has 4 aliphatic carbocycles. The second-order valence-electron chi connectivity index (χ2n) is 5.10. The van der Waals surface area contributed by atoms with Gasteiger partial charge in [-0.2, -0.15) is 0 Å². The van der Waals surface area contributed by atoms with Gasteiger partial charge in [-0.25, -0.2) is 0 Å². The highest BCUT2D eigenvalue weighted by Gasteiger charge is 2.55. The third-order valence-electron chi connectivity index (χ3n) is 4.46. The average Bonchev–Trinajstić information content (AvgIpc) is 1.96. The Morgan fingerprint density at radius 2 is 1.82 bits per heavy atom. The van der Waals surface area contributed by atoms with E-state index in [4.69, 9.17) is 5.73 Å². The van der Waals surface area contributed by atoms with Gasteiger partial charge in [-0.15, -0.1) is 0 Å². The Hall–Kier alpha value is -0.0400. The predicted molar refractivity (Wildman–Crippen MR) is 45.1 cm³/mol. The zero-order chi connectivity index (χ0) is 7.47. The smallest absolute Gasteiger partial charge is 0.00962 e. The molecule has 2 unspecified atom stereocenters. The van der Waals surface area contributed by atoms with Crippen LogP contribution in [0.15, 0.2) is 0 Å². The molecule has 1 heteroatoms. The highest BCUT2D eigenvalue weighted by Crippen LogP contribution is 2.62. The van der Waals surface area contributed by atoms with E-state index in [2.05, 4.69) is 0 Å². The van der Waals surface area contributed by atoms with Crippen LogP contribution in [0, 0.1) is 17.3 Å². The quantitative estimate of drug-likeness (QED) is 0.562. The van der Waals surface area contributed by atoms with Crippen molar-refractivity contribution in [2.24, 2.45) is 23.0 Å². The molecule has 2 atom stereocenters. The van der Waals surface area contributed by atoms with Crippen LogP contribution in [-0.4, -0.2) is 6.04 Å². The van der Waals surface area contributed by atoms with Crippen molar-refractivity contribution >= 4 is 0 Å². The zero-order valence-corrected chi connectivity index (χ0v) is 7.05. The molecule has 0 aliphatic heterocycles. The van der Waals surface area contributed by atoms with E-state index in [0.717, 1.165) is 17.3 Å². The fourth-order valence-electron chi connectivity index (χ4n) is 3.91. The van der Waals surface area contributed by atoms with E-state index in [1.54, 1.807) is 0 Å². The van der Waals surface area contributed by atoms with Crippen LogP contribution < -0.4 is 5.73 Å². The van der Waals surface area contributed by atoms with Crippen LogP contribution in [-0.2, 0) is 0 Å². The largest absolute Gasteiger partial charge is 0.327 e. The Bertz CT molecular complexity index is 181. The molecule has 1 spiro atoms. The first-order valence-electron chi connectivity index (χ1n) is 5.05. The van der Waals surface area contributed by atoms with Gasteiger partial charge >= 0.3 is 0 Å². The van der Waals surface area contributed by atoms with Crippen LogP contribution in [0.25, 0.3) is 0 Å². The van der Waals surface area contributed by atoms with E-state index in [0.29, 0.717) is 6.04 Å². The first-order chi connectivity index (χ1) is 5.29. The lowest BCUT2D eigenvalue weighted by Gasteiger charge is -2.61. The SMILES string of the molecule is NC1C2CCCC3(C2)CC1C3.